The maximum atomic E-state index is 13.6. The summed E-state index contributed by atoms with van der Waals surface area (Å²) in [6.45, 7) is 3.76. The molecule has 0 heterocycles. The topological polar surface area (TPSA) is 21.3 Å². The van der Waals surface area contributed by atoms with E-state index < -0.39 is 0 Å². The molecule has 0 saturated carbocycles. The smallest absolute Gasteiger partial charge is 0.138 e. The molecule has 112 valence electrons. The van der Waals surface area contributed by atoms with Gasteiger partial charge in [0.1, 0.15) is 18.2 Å². The Balaban J connectivity index is 2.04. The van der Waals surface area contributed by atoms with E-state index in [4.69, 9.17) is 27.9 Å². The average Bonchev–Trinajstić information content (AvgIpc) is 2.47. The van der Waals surface area contributed by atoms with Gasteiger partial charge in [0, 0.05) is 17.1 Å². The normalized spacial score (nSPS) is 10.7. The van der Waals surface area contributed by atoms with Crippen LogP contribution in [0.3, 0.4) is 0 Å². The molecule has 0 aliphatic carbocycles. The SMILES string of the molecule is CCNCc1ccc(OCc2cc(Cl)ccc2F)c(Cl)c1. The second kappa shape index (κ2) is 7.64. The Labute approximate surface area is 133 Å². The van der Waals surface area contributed by atoms with Crippen molar-refractivity contribution >= 4 is 23.2 Å². The van der Waals surface area contributed by atoms with Crippen LogP contribution in [-0.4, -0.2) is 6.54 Å². The summed E-state index contributed by atoms with van der Waals surface area (Å²) < 4.78 is 19.2. The van der Waals surface area contributed by atoms with Crippen molar-refractivity contribution in [1.29, 1.82) is 0 Å². The van der Waals surface area contributed by atoms with Gasteiger partial charge < -0.3 is 10.1 Å². The summed E-state index contributed by atoms with van der Waals surface area (Å²) in [4.78, 5) is 0. The van der Waals surface area contributed by atoms with E-state index >= 15 is 0 Å². The standard InChI is InChI=1S/C16H16Cl2FNO/c1-2-20-9-11-3-6-16(14(18)7-11)21-10-12-8-13(17)4-5-15(12)19/h3-8,20H,2,9-10H2,1H3. The van der Waals surface area contributed by atoms with E-state index in [0.29, 0.717) is 21.4 Å². The fourth-order valence-corrected chi connectivity index (χ4v) is 2.30. The number of benzene rings is 2. The van der Waals surface area contributed by atoms with Crippen LogP contribution in [0.2, 0.25) is 10.0 Å². The third-order valence-electron chi connectivity index (χ3n) is 2.97. The zero-order valence-electron chi connectivity index (χ0n) is 11.6. The predicted molar refractivity (Wildman–Crippen MR) is 84.6 cm³/mol. The molecular formula is C16H16Cl2FNO. The van der Waals surface area contributed by atoms with Gasteiger partial charge in [-0.3, -0.25) is 0 Å². The monoisotopic (exact) mass is 327 g/mol. The fourth-order valence-electron chi connectivity index (χ4n) is 1.85. The zero-order chi connectivity index (χ0) is 15.2. The van der Waals surface area contributed by atoms with Crippen molar-refractivity contribution in [2.75, 3.05) is 6.54 Å². The first-order valence-electron chi connectivity index (χ1n) is 6.66. The molecule has 2 aromatic carbocycles. The van der Waals surface area contributed by atoms with E-state index in [2.05, 4.69) is 5.32 Å². The molecule has 0 amide bonds. The summed E-state index contributed by atoms with van der Waals surface area (Å²) >= 11 is 12.0. The van der Waals surface area contributed by atoms with Gasteiger partial charge >= 0.3 is 0 Å². The number of hydrogen-bond acceptors (Lipinski definition) is 2. The van der Waals surface area contributed by atoms with Gasteiger partial charge in [-0.15, -0.1) is 0 Å². The Bertz CT molecular complexity index is 619. The third kappa shape index (κ3) is 4.60. The molecule has 2 nitrogen and oxygen atoms in total. The van der Waals surface area contributed by atoms with Gasteiger partial charge in [0.05, 0.1) is 5.02 Å². The van der Waals surface area contributed by atoms with Crippen LogP contribution in [-0.2, 0) is 13.2 Å². The minimum absolute atomic E-state index is 0.0820. The van der Waals surface area contributed by atoms with E-state index in [1.54, 1.807) is 12.1 Å². The molecule has 2 rings (SSSR count). The lowest BCUT2D eigenvalue weighted by Gasteiger charge is -2.10. The molecule has 2 aromatic rings. The van der Waals surface area contributed by atoms with E-state index in [1.165, 1.54) is 12.1 Å². The zero-order valence-corrected chi connectivity index (χ0v) is 13.1. The van der Waals surface area contributed by atoms with Crippen molar-refractivity contribution in [3.05, 3.63) is 63.4 Å². The molecule has 0 saturated heterocycles. The Morgan fingerprint density at radius 3 is 2.67 bits per heavy atom. The Hall–Kier alpha value is -1.29. The molecule has 0 fully saturated rings. The van der Waals surface area contributed by atoms with Gasteiger partial charge in [-0.1, -0.05) is 36.2 Å². The summed E-state index contributed by atoms with van der Waals surface area (Å²) in [5.74, 6) is 0.176. The highest BCUT2D eigenvalue weighted by Gasteiger charge is 2.07. The highest BCUT2D eigenvalue weighted by Crippen LogP contribution is 2.27. The predicted octanol–water partition coefficient (Wildman–Crippen LogP) is 4.82. The van der Waals surface area contributed by atoms with Crippen molar-refractivity contribution < 1.29 is 9.13 Å². The Morgan fingerprint density at radius 2 is 1.95 bits per heavy atom. The van der Waals surface area contributed by atoms with Crippen LogP contribution in [0.4, 0.5) is 4.39 Å². The van der Waals surface area contributed by atoms with E-state index in [1.807, 2.05) is 19.1 Å². The third-order valence-corrected chi connectivity index (χ3v) is 3.50. The summed E-state index contributed by atoms with van der Waals surface area (Å²) in [5.41, 5.74) is 1.47. The molecule has 0 atom stereocenters. The van der Waals surface area contributed by atoms with E-state index in [0.717, 1.165) is 18.7 Å². The molecule has 0 aliphatic heterocycles. The van der Waals surface area contributed by atoms with Crippen molar-refractivity contribution in [3.63, 3.8) is 0 Å². The maximum Gasteiger partial charge on any atom is 0.138 e. The van der Waals surface area contributed by atoms with Gasteiger partial charge in [-0.05, 0) is 42.4 Å². The van der Waals surface area contributed by atoms with Crippen LogP contribution in [0, 0.1) is 5.82 Å². The fraction of sp³-hybridized carbons (Fsp3) is 0.250. The number of rotatable bonds is 6. The molecule has 5 heteroatoms. The molecule has 1 N–H and O–H groups in total. The first kappa shape index (κ1) is 16.1. The number of halogens is 3. The molecule has 0 bridgehead atoms. The minimum atomic E-state index is -0.348. The van der Waals surface area contributed by atoms with Crippen molar-refractivity contribution in [2.45, 2.75) is 20.1 Å². The summed E-state index contributed by atoms with van der Waals surface area (Å²) in [5, 5.41) is 4.20. The number of ether oxygens (including phenoxy) is 1. The van der Waals surface area contributed by atoms with Crippen LogP contribution < -0.4 is 10.1 Å². The summed E-state index contributed by atoms with van der Waals surface area (Å²) in [6.07, 6.45) is 0. The Morgan fingerprint density at radius 1 is 1.14 bits per heavy atom. The molecule has 0 aliphatic rings. The van der Waals surface area contributed by atoms with Crippen molar-refractivity contribution in [2.24, 2.45) is 0 Å². The lowest BCUT2D eigenvalue weighted by atomic mass is 10.2. The van der Waals surface area contributed by atoms with Gasteiger partial charge in [0.2, 0.25) is 0 Å². The Kier molecular flexibility index (Phi) is 5.85. The van der Waals surface area contributed by atoms with Crippen LogP contribution in [0.25, 0.3) is 0 Å². The average molecular weight is 328 g/mol. The van der Waals surface area contributed by atoms with Crippen molar-refractivity contribution in [3.8, 4) is 5.75 Å². The number of hydrogen-bond donors (Lipinski definition) is 1. The molecule has 0 spiro atoms. The van der Waals surface area contributed by atoms with Gasteiger partial charge in [-0.25, -0.2) is 4.39 Å². The maximum absolute atomic E-state index is 13.6. The largest absolute Gasteiger partial charge is 0.487 e. The van der Waals surface area contributed by atoms with Crippen LogP contribution in [0.1, 0.15) is 18.1 Å². The van der Waals surface area contributed by atoms with E-state index in [-0.39, 0.29) is 12.4 Å². The van der Waals surface area contributed by atoms with E-state index in [9.17, 15) is 4.39 Å². The van der Waals surface area contributed by atoms with Gasteiger partial charge in [0.25, 0.3) is 0 Å². The number of nitrogens with one attached hydrogen (secondary N) is 1. The molecule has 0 aromatic heterocycles. The van der Waals surface area contributed by atoms with Crippen molar-refractivity contribution in [1.82, 2.24) is 5.32 Å². The van der Waals surface area contributed by atoms with Crippen LogP contribution in [0.15, 0.2) is 36.4 Å². The second-order valence-electron chi connectivity index (χ2n) is 4.57. The lowest BCUT2D eigenvalue weighted by molar-refractivity contribution is 0.300. The summed E-state index contributed by atoms with van der Waals surface area (Å²) in [7, 11) is 0. The first-order valence-corrected chi connectivity index (χ1v) is 7.41. The quantitative estimate of drug-likeness (QED) is 0.821. The van der Waals surface area contributed by atoms with Crippen LogP contribution in [0.5, 0.6) is 5.75 Å². The van der Waals surface area contributed by atoms with Crippen LogP contribution >= 0.6 is 23.2 Å². The first-order chi connectivity index (χ1) is 10.1. The van der Waals surface area contributed by atoms with Gasteiger partial charge in [-0.2, -0.15) is 0 Å². The minimum Gasteiger partial charge on any atom is -0.487 e. The molecular weight excluding hydrogens is 312 g/mol. The lowest BCUT2D eigenvalue weighted by Crippen LogP contribution is -2.11. The highest BCUT2D eigenvalue weighted by molar-refractivity contribution is 6.32. The summed E-state index contributed by atoms with van der Waals surface area (Å²) in [6, 6.07) is 9.93. The highest BCUT2D eigenvalue weighted by atomic mass is 35.5. The van der Waals surface area contributed by atoms with Gasteiger partial charge in [0.15, 0.2) is 0 Å². The molecule has 0 unspecified atom stereocenters. The molecule has 0 radical (unpaired) electrons. The second-order valence-corrected chi connectivity index (χ2v) is 5.41. The molecule has 21 heavy (non-hydrogen) atoms.